The Morgan fingerprint density at radius 2 is 1.59 bits per heavy atom. The average Bonchev–Trinajstić information content (AvgIpc) is 3.05. The first-order valence-electron chi connectivity index (χ1n) is 11.8. The van der Waals surface area contributed by atoms with Gasteiger partial charge >= 0.3 is 6.03 Å². The quantitative estimate of drug-likeness (QED) is 0.763. The van der Waals surface area contributed by atoms with E-state index in [1.807, 2.05) is 17.0 Å². The number of fused-ring (bicyclic) bond motifs is 3. The predicted molar refractivity (Wildman–Crippen MR) is 124 cm³/mol. The molecule has 6 nitrogen and oxygen atoms in total. The summed E-state index contributed by atoms with van der Waals surface area (Å²) < 4.78 is 0. The molecule has 0 spiro atoms. The van der Waals surface area contributed by atoms with Gasteiger partial charge in [-0.15, -0.1) is 0 Å². The van der Waals surface area contributed by atoms with Gasteiger partial charge in [-0.25, -0.2) is 4.79 Å². The molecule has 2 N–H and O–H groups in total. The maximum Gasteiger partial charge on any atom is 0.315 e. The summed E-state index contributed by atoms with van der Waals surface area (Å²) in [5, 5.41) is 5.93. The van der Waals surface area contributed by atoms with Gasteiger partial charge in [0.15, 0.2) is 0 Å². The van der Waals surface area contributed by atoms with Crippen molar-refractivity contribution in [2.45, 2.75) is 63.3 Å². The van der Waals surface area contributed by atoms with Crippen LogP contribution in [-0.2, 0) is 24.3 Å². The van der Waals surface area contributed by atoms with E-state index in [0.717, 1.165) is 25.8 Å². The van der Waals surface area contributed by atoms with E-state index in [1.54, 1.807) is 0 Å². The van der Waals surface area contributed by atoms with Gasteiger partial charge in [-0.3, -0.25) is 9.69 Å². The van der Waals surface area contributed by atoms with E-state index in [0.29, 0.717) is 25.2 Å². The summed E-state index contributed by atoms with van der Waals surface area (Å²) in [4.78, 5) is 29.6. The molecule has 2 atom stereocenters. The molecule has 168 valence electrons. The van der Waals surface area contributed by atoms with E-state index in [2.05, 4.69) is 58.0 Å². The predicted octanol–water partition coefficient (Wildman–Crippen LogP) is 3.07. The van der Waals surface area contributed by atoms with E-state index < -0.39 is 0 Å². The third-order valence-electron chi connectivity index (χ3n) is 7.31. The molecule has 0 radical (unpaired) electrons. The highest BCUT2D eigenvalue weighted by atomic mass is 16.2. The average molecular weight is 433 g/mol. The van der Waals surface area contributed by atoms with Crippen molar-refractivity contribution in [3.63, 3.8) is 0 Å². The number of carbonyl (C=O) groups is 2. The van der Waals surface area contributed by atoms with Gasteiger partial charge in [0.2, 0.25) is 5.91 Å². The second kappa shape index (κ2) is 9.33. The normalized spacial score (nSPS) is 24.6. The molecule has 0 aliphatic carbocycles. The number of urea groups is 1. The minimum absolute atomic E-state index is 0.0209. The lowest BCUT2D eigenvalue weighted by Gasteiger charge is -2.39. The third kappa shape index (κ3) is 4.65. The zero-order valence-electron chi connectivity index (χ0n) is 18.5. The number of nitrogens with one attached hydrogen (secondary N) is 2. The van der Waals surface area contributed by atoms with Gasteiger partial charge in [0.1, 0.15) is 0 Å². The Kier molecular flexibility index (Phi) is 6.12. The molecular weight excluding hydrogens is 400 g/mol. The van der Waals surface area contributed by atoms with Gasteiger partial charge in [0.05, 0.1) is 6.54 Å². The molecule has 0 aromatic heterocycles. The van der Waals surface area contributed by atoms with Crippen LogP contribution in [0.15, 0.2) is 54.6 Å². The fourth-order valence-corrected chi connectivity index (χ4v) is 5.66. The molecule has 3 aliphatic rings. The Morgan fingerprint density at radius 3 is 2.34 bits per heavy atom. The summed E-state index contributed by atoms with van der Waals surface area (Å²) in [6.45, 7) is 2.38. The first kappa shape index (κ1) is 21.0. The van der Waals surface area contributed by atoms with E-state index >= 15 is 0 Å². The summed E-state index contributed by atoms with van der Waals surface area (Å²) in [6, 6.07) is 19.9. The highest BCUT2D eigenvalue weighted by Crippen LogP contribution is 2.36. The summed E-state index contributed by atoms with van der Waals surface area (Å²) in [5.74, 6) is -0.0209. The third-order valence-corrected chi connectivity index (χ3v) is 7.31. The molecule has 3 heterocycles. The van der Waals surface area contributed by atoms with Gasteiger partial charge in [0.25, 0.3) is 0 Å². The van der Waals surface area contributed by atoms with Gasteiger partial charge < -0.3 is 15.5 Å². The summed E-state index contributed by atoms with van der Waals surface area (Å²) in [7, 11) is 0. The van der Waals surface area contributed by atoms with Crippen molar-refractivity contribution in [3.05, 3.63) is 71.3 Å². The number of nitrogens with zero attached hydrogens (tertiary/aromatic N) is 2. The minimum Gasteiger partial charge on any atom is -0.336 e. The van der Waals surface area contributed by atoms with Crippen LogP contribution < -0.4 is 10.6 Å². The lowest BCUT2D eigenvalue weighted by atomic mass is 9.96. The number of carbonyl (C=O) groups excluding carboxylic acids is 2. The number of amides is 3. The van der Waals surface area contributed by atoms with Crippen LogP contribution in [0.1, 0.15) is 42.4 Å². The smallest absolute Gasteiger partial charge is 0.315 e. The standard InChI is InChI=1S/C26H32N4O2/c31-25(29-13-12-20-8-4-5-9-21(20)18-29)16-27-26(32)28-22-14-23-10-11-24(15-22)30(23)17-19-6-2-1-3-7-19/h1-9,22-24H,10-18H2,(H2,27,28,32). The van der Waals surface area contributed by atoms with Gasteiger partial charge in [-0.1, -0.05) is 54.6 Å². The number of piperidine rings is 1. The molecule has 2 saturated heterocycles. The number of benzene rings is 2. The van der Waals surface area contributed by atoms with E-state index in [-0.39, 0.29) is 24.5 Å². The van der Waals surface area contributed by atoms with Crippen molar-refractivity contribution in [1.29, 1.82) is 0 Å². The maximum absolute atomic E-state index is 12.6. The van der Waals surface area contributed by atoms with Crippen LogP contribution in [0.4, 0.5) is 4.79 Å². The van der Waals surface area contributed by atoms with Crippen LogP contribution in [0.2, 0.25) is 0 Å². The van der Waals surface area contributed by atoms with Gasteiger partial charge in [-0.2, -0.15) is 0 Å². The second-order valence-corrected chi connectivity index (χ2v) is 9.37. The lowest BCUT2D eigenvalue weighted by molar-refractivity contribution is -0.131. The van der Waals surface area contributed by atoms with Crippen LogP contribution in [0.3, 0.4) is 0 Å². The highest BCUT2D eigenvalue weighted by Gasteiger charge is 2.40. The van der Waals surface area contributed by atoms with Crippen molar-refractivity contribution in [2.75, 3.05) is 13.1 Å². The molecular formula is C26H32N4O2. The summed E-state index contributed by atoms with van der Waals surface area (Å²) in [6.07, 6.45) is 5.23. The molecule has 2 aromatic rings. The lowest BCUT2D eigenvalue weighted by Crippen LogP contribution is -2.53. The maximum atomic E-state index is 12.6. The Morgan fingerprint density at radius 1 is 0.906 bits per heavy atom. The minimum atomic E-state index is -0.225. The molecule has 2 fully saturated rings. The van der Waals surface area contributed by atoms with Crippen molar-refractivity contribution < 1.29 is 9.59 Å². The fraction of sp³-hybridized carbons (Fsp3) is 0.462. The number of hydrogen-bond acceptors (Lipinski definition) is 3. The van der Waals surface area contributed by atoms with Gasteiger partial charge in [-0.05, 0) is 48.8 Å². The van der Waals surface area contributed by atoms with Crippen molar-refractivity contribution in [2.24, 2.45) is 0 Å². The molecule has 6 heteroatoms. The largest absolute Gasteiger partial charge is 0.336 e. The Hall–Kier alpha value is -2.86. The van der Waals surface area contributed by atoms with Crippen LogP contribution in [0.5, 0.6) is 0 Å². The van der Waals surface area contributed by atoms with Crippen LogP contribution in [-0.4, -0.2) is 53.0 Å². The van der Waals surface area contributed by atoms with Crippen LogP contribution in [0.25, 0.3) is 0 Å². The zero-order valence-corrected chi connectivity index (χ0v) is 18.5. The second-order valence-electron chi connectivity index (χ2n) is 9.37. The monoisotopic (exact) mass is 432 g/mol. The fourth-order valence-electron chi connectivity index (χ4n) is 5.66. The van der Waals surface area contributed by atoms with Crippen LogP contribution in [0, 0.1) is 0 Å². The molecule has 5 rings (SSSR count). The Bertz CT molecular complexity index is 949. The molecule has 3 amide bonds. The van der Waals surface area contributed by atoms with Crippen LogP contribution >= 0.6 is 0 Å². The van der Waals surface area contributed by atoms with E-state index in [4.69, 9.17) is 0 Å². The van der Waals surface area contributed by atoms with E-state index in [1.165, 1.54) is 29.5 Å². The summed E-state index contributed by atoms with van der Waals surface area (Å²) in [5.41, 5.74) is 3.87. The molecule has 0 saturated carbocycles. The van der Waals surface area contributed by atoms with Crippen molar-refractivity contribution in [1.82, 2.24) is 20.4 Å². The topological polar surface area (TPSA) is 64.7 Å². The number of hydrogen-bond donors (Lipinski definition) is 2. The highest BCUT2D eigenvalue weighted by molar-refractivity contribution is 5.84. The van der Waals surface area contributed by atoms with Gasteiger partial charge in [0, 0.05) is 37.8 Å². The zero-order chi connectivity index (χ0) is 21.9. The van der Waals surface area contributed by atoms with E-state index in [9.17, 15) is 9.59 Å². The molecule has 2 aromatic carbocycles. The molecule has 2 bridgehead atoms. The molecule has 3 aliphatic heterocycles. The number of rotatable bonds is 5. The molecule has 32 heavy (non-hydrogen) atoms. The van der Waals surface area contributed by atoms with Crippen molar-refractivity contribution in [3.8, 4) is 0 Å². The first-order valence-corrected chi connectivity index (χ1v) is 11.8. The Labute approximate surface area is 190 Å². The SMILES string of the molecule is O=C(NCC(=O)N1CCc2ccccc2C1)NC1CC2CCC(C1)N2Cc1ccccc1. The van der Waals surface area contributed by atoms with Crippen molar-refractivity contribution >= 4 is 11.9 Å². The first-order chi connectivity index (χ1) is 15.7. The Balaban J connectivity index is 1.08. The summed E-state index contributed by atoms with van der Waals surface area (Å²) >= 11 is 0. The molecule has 2 unspecified atom stereocenters.